The van der Waals surface area contributed by atoms with Crippen molar-refractivity contribution < 1.29 is 18.0 Å². The van der Waals surface area contributed by atoms with Gasteiger partial charge in [0.05, 0.1) is 16.7 Å². The Bertz CT molecular complexity index is 1680. The molecule has 3 aliphatic rings. The van der Waals surface area contributed by atoms with Crippen LogP contribution >= 0.6 is 0 Å². The van der Waals surface area contributed by atoms with Gasteiger partial charge in [-0.3, -0.25) is 14.6 Å². The number of para-hydroxylation sites is 1. The summed E-state index contributed by atoms with van der Waals surface area (Å²) in [5, 5.41) is 4.38. The molecule has 0 radical (unpaired) electrons. The van der Waals surface area contributed by atoms with Crippen LogP contribution < -0.4 is 16.1 Å². The van der Waals surface area contributed by atoms with E-state index in [4.69, 9.17) is 0 Å². The standard InChI is InChI=1S/C14H14F3NO.C13H11N5O2.C2H6/c15-14(16,17)9-18-11-6-2-1-5-10(11)13(12(18)19)7-3-4-8-13;19-12-9(6-15-13(20)16-12)10-5-8(7-1-2-7)11-14-3-4-18(11)17-10;1-2/h1-2,5-6H,3-4,7-9H2;3-7H,1-2H2,(H2,15,16,19,20);1-2H3. The van der Waals surface area contributed by atoms with Crippen molar-refractivity contribution in [3.05, 3.63) is 80.9 Å². The van der Waals surface area contributed by atoms with Gasteiger partial charge in [0.2, 0.25) is 5.91 Å². The normalized spacial score (nSPS) is 17.2. The van der Waals surface area contributed by atoms with Gasteiger partial charge in [-0.1, -0.05) is 44.9 Å². The van der Waals surface area contributed by atoms with Crippen LogP contribution in [0, 0.1) is 0 Å². The van der Waals surface area contributed by atoms with Crippen molar-refractivity contribution >= 4 is 17.2 Å². The van der Waals surface area contributed by atoms with Crippen LogP contribution in [-0.2, 0) is 10.2 Å². The zero-order valence-electron chi connectivity index (χ0n) is 22.8. The van der Waals surface area contributed by atoms with Gasteiger partial charge in [0, 0.05) is 29.8 Å². The summed E-state index contributed by atoms with van der Waals surface area (Å²) >= 11 is 0. The molecule has 1 aliphatic heterocycles. The van der Waals surface area contributed by atoms with Crippen LogP contribution in [0.1, 0.15) is 69.4 Å². The highest BCUT2D eigenvalue weighted by atomic mass is 19.4. The lowest BCUT2D eigenvalue weighted by atomic mass is 9.80. The minimum absolute atomic E-state index is 0.349. The number of fused-ring (bicyclic) bond motifs is 3. The first-order valence-corrected chi connectivity index (χ1v) is 13.8. The molecule has 12 heteroatoms. The fourth-order valence-corrected chi connectivity index (χ4v) is 5.76. The number of rotatable bonds is 3. The van der Waals surface area contributed by atoms with Gasteiger partial charge in [0.15, 0.2) is 5.65 Å². The summed E-state index contributed by atoms with van der Waals surface area (Å²) in [4.78, 5) is 45.4. The van der Waals surface area contributed by atoms with E-state index in [9.17, 15) is 27.6 Å². The van der Waals surface area contributed by atoms with E-state index in [2.05, 4.69) is 20.1 Å². The molecule has 41 heavy (non-hydrogen) atoms. The molecule has 7 rings (SSSR count). The molecular formula is C29H31F3N6O3. The molecule has 4 heterocycles. The largest absolute Gasteiger partial charge is 0.406 e. The van der Waals surface area contributed by atoms with E-state index in [0.29, 0.717) is 35.7 Å². The Kier molecular flexibility index (Phi) is 7.58. The van der Waals surface area contributed by atoms with Crippen molar-refractivity contribution in [2.24, 2.45) is 0 Å². The van der Waals surface area contributed by atoms with E-state index in [-0.39, 0.29) is 5.91 Å². The van der Waals surface area contributed by atoms with Crippen LogP contribution in [0.15, 0.2) is 58.5 Å². The van der Waals surface area contributed by atoms with Crippen LogP contribution in [0.4, 0.5) is 18.9 Å². The highest BCUT2D eigenvalue weighted by molar-refractivity contribution is 6.08. The number of anilines is 1. The topological polar surface area (TPSA) is 116 Å². The third kappa shape index (κ3) is 5.42. The minimum atomic E-state index is -4.37. The van der Waals surface area contributed by atoms with Crippen molar-refractivity contribution in [1.82, 2.24) is 24.6 Å². The molecule has 216 valence electrons. The second-order valence-electron chi connectivity index (χ2n) is 10.3. The van der Waals surface area contributed by atoms with E-state index in [1.54, 1.807) is 41.2 Å². The Hall–Kier alpha value is -4.22. The predicted octanol–water partition coefficient (Wildman–Crippen LogP) is 5.08. The van der Waals surface area contributed by atoms with Gasteiger partial charge in [-0.25, -0.2) is 14.3 Å². The number of nitrogens with one attached hydrogen (secondary N) is 2. The number of alkyl halides is 3. The van der Waals surface area contributed by atoms with Gasteiger partial charge in [-0.05, 0) is 49.3 Å². The number of nitrogens with zero attached hydrogens (tertiary/aromatic N) is 4. The van der Waals surface area contributed by atoms with Gasteiger partial charge in [0.1, 0.15) is 6.54 Å². The van der Waals surface area contributed by atoms with Crippen molar-refractivity contribution in [3.8, 4) is 11.3 Å². The molecule has 9 nitrogen and oxygen atoms in total. The van der Waals surface area contributed by atoms with Crippen LogP contribution in [0.5, 0.6) is 0 Å². The number of carbonyl (C=O) groups is 1. The Balaban J connectivity index is 0.000000156. The number of aromatic amines is 2. The maximum absolute atomic E-state index is 12.7. The monoisotopic (exact) mass is 568 g/mol. The van der Waals surface area contributed by atoms with Crippen LogP contribution in [0.25, 0.3) is 16.9 Å². The Labute approximate surface area is 233 Å². The second-order valence-corrected chi connectivity index (χ2v) is 10.3. The van der Waals surface area contributed by atoms with Crippen LogP contribution in [0.2, 0.25) is 0 Å². The maximum atomic E-state index is 12.7. The predicted molar refractivity (Wildman–Crippen MR) is 148 cm³/mol. The van der Waals surface area contributed by atoms with Crippen molar-refractivity contribution in [2.75, 3.05) is 11.4 Å². The van der Waals surface area contributed by atoms with Gasteiger partial charge in [-0.15, -0.1) is 0 Å². The third-order valence-corrected chi connectivity index (χ3v) is 7.66. The smallest absolute Gasteiger partial charge is 0.313 e. The molecule has 2 fully saturated rings. The fraction of sp³-hybridized carbons (Fsp3) is 0.414. The molecular weight excluding hydrogens is 537 g/mol. The molecule has 2 saturated carbocycles. The summed E-state index contributed by atoms with van der Waals surface area (Å²) in [5.41, 5.74) is 2.38. The lowest BCUT2D eigenvalue weighted by Gasteiger charge is -2.24. The van der Waals surface area contributed by atoms with E-state index < -0.39 is 29.4 Å². The second kappa shape index (κ2) is 11.0. The number of aromatic nitrogens is 5. The molecule has 4 aromatic rings. The van der Waals surface area contributed by atoms with E-state index in [0.717, 1.165) is 47.4 Å². The summed E-state index contributed by atoms with van der Waals surface area (Å²) in [5.74, 6) is 0.118. The van der Waals surface area contributed by atoms with Gasteiger partial charge >= 0.3 is 11.9 Å². The highest BCUT2D eigenvalue weighted by Crippen LogP contribution is 2.51. The van der Waals surface area contributed by atoms with Crippen molar-refractivity contribution in [3.63, 3.8) is 0 Å². The summed E-state index contributed by atoms with van der Waals surface area (Å²) in [7, 11) is 0. The number of amides is 1. The number of carbonyl (C=O) groups excluding carboxylic acids is 1. The first kappa shape index (κ1) is 28.3. The number of benzene rings is 1. The molecule has 0 unspecified atom stereocenters. The summed E-state index contributed by atoms with van der Waals surface area (Å²) < 4.78 is 39.6. The van der Waals surface area contributed by atoms with Gasteiger partial charge in [-0.2, -0.15) is 18.3 Å². The Morgan fingerprint density at radius 1 is 1.07 bits per heavy atom. The van der Waals surface area contributed by atoms with E-state index in [1.807, 2.05) is 19.9 Å². The van der Waals surface area contributed by atoms with Crippen molar-refractivity contribution in [2.45, 2.75) is 69.9 Å². The Morgan fingerprint density at radius 2 is 1.78 bits per heavy atom. The average Bonchev–Trinajstić information content (AvgIpc) is 3.39. The fourth-order valence-electron chi connectivity index (χ4n) is 5.76. The van der Waals surface area contributed by atoms with E-state index in [1.165, 1.54) is 6.20 Å². The van der Waals surface area contributed by atoms with Crippen molar-refractivity contribution in [1.29, 1.82) is 0 Å². The zero-order valence-corrected chi connectivity index (χ0v) is 22.8. The van der Waals surface area contributed by atoms with Crippen LogP contribution in [-0.4, -0.2) is 43.2 Å². The summed E-state index contributed by atoms with van der Waals surface area (Å²) in [6.07, 6.45) is 5.87. The first-order valence-electron chi connectivity index (χ1n) is 13.8. The molecule has 2 N–H and O–H groups in total. The average molecular weight is 569 g/mol. The SMILES string of the molecule is CC.O=C1N(CC(F)(F)F)c2ccccc2C12CCCC2.O=c1[nH]cc(-c2cc(C3CC3)c3nccn3n2)c(=O)[nH]1. The molecule has 0 atom stereocenters. The summed E-state index contributed by atoms with van der Waals surface area (Å²) in [6, 6.07) is 8.79. The third-order valence-electron chi connectivity index (χ3n) is 7.66. The minimum Gasteiger partial charge on any atom is -0.313 e. The molecule has 1 spiro atoms. The summed E-state index contributed by atoms with van der Waals surface area (Å²) in [6.45, 7) is 2.81. The lowest BCUT2D eigenvalue weighted by Crippen LogP contribution is -2.43. The molecule has 0 saturated heterocycles. The van der Waals surface area contributed by atoms with E-state index >= 15 is 0 Å². The lowest BCUT2D eigenvalue weighted by molar-refractivity contribution is -0.134. The quantitative estimate of drug-likeness (QED) is 0.358. The zero-order chi connectivity index (χ0) is 29.4. The number of imidazole rings is 1. The first-order chi connectivity index (χ1) is 19.7. The number of hydrogen-bond donors (Lipinski definition) is 2. The Morgan fingerprint density at radius 3 is 2.44 bits per heavy atom. The maximum Gasteiger partial charge on any atom is 0.406 e. The van der Waals surface area contributed by atoms with Gasteiger partial charge < -0.3 is 9.88 Å². The van der Waals surface area contributed by atoms with Crippen LogP contribution in [0.3, 0.4) is 0 Å². The molecule has 0 bridgehead atoms. The molecule has 1 amide bonds. The highest BCUT2D eigenvalue weighted by Gasteiger charge is 2.53. The number of H-pyrrole nitrogens is 2. The molecule has 3 aromatic heterocycles. The molecule has 1 aromatic carbocycles. The number of hydrogen-bond acceptors (Lipinski definition) is 5. The molecule has 2 aliphatic carbocycles. The number of halogens is 3. The van der Waals surface area contributed by atoms with Gasteiger partial charge in [0.25, 0.3) is 5.56 Å².